The van der Waals surface area contributed by atoms with Gasteiger partial charge in [-0.3, -0.25) is 4.79 Å². The summed E-state index contributed by atoms with van der Waals surface area (Å²) in [6.07, 6.45) is 1.74. The fourth-order valence-electron chi connectivity index (χ4n) is 2.00. The Balaban J connectivity index is 1.89. The van der Waals surface area contributed by atoms with E-state index in [2.05, 4.69) is 10.3 Å². The second-order valence-corrected chi connectivity index (χ2v) is 4.38. The van der Waals surface area contributed by atoms with Crippen molar-refractivity contribution in [3.8, 4) is 0 Å². The van der Waals surface area contributed by atoms with E-state index in [9.17, 15) is 4.79 Å². The average molecular weight is 251 g/mol. The lowest BCUT2D eigenvalue weighted by Gasteiger charge is -2.05. The van der Waals surface area contributed by atoms with E-state index in [1.54, 1.807) is 12.4 Å². The first kappa shape index (κ1) is 11.5. The van der Waals surface area contributed by atoms with Gasteiger partial charge in [0.1, 0.15) is 0 Å². The van der Waals surface area contributed by atoms with Crippen molar-refractivity contribution in [3.63, 3.8) is 0 Å². The van der Waals surface area contributed by atoms with Gasteiger partial charge in [-0.25, -0.2) is 4.98 Å². The molecule has 1 amide bonds. The van der Waals surface area contributed by atoms with Gasteiger partial charge in [0.05, 0.1) is 17.4 Å². The number of benzene rings is 2. The van der Waals surface area contributed by atoms with Crippen LogP contribution in [-0.2, 0) is 7.05 Å². The number of para-hydroxylation sites is 1. The van der Waals surface area contributed by atoms with E-state index in [-0.39, 0.29) is 5.91 Å². The molecule has 2 aromatic carbocycles. The summed E-state index contributed by atoms with van der Waals surface area (Å²) in [5, 5.41) is 2.86. The van der Waals surface area contributed by atoms with Gasteiger partial charge >= 0.3 is 0 Å². The lowest BCUT2D eigenvalue weighted by atomic mass is 10.2. The summed E-state index contributed by atoms with van der Waals surface area (Å²) in [5.41, 5.74) is 3.23. The monoisotopic (exact) mass is 251 g/mol. The lowest BCUT2D eigenvalue weighted by Crippen LogP contribution is -2.11. The van der Waals surface area contributed by atoms with Crippen LogP contribution in [0.15, 0.2) is 54.9 Å². The maximum Gasteiger partial charge on any atom is 0.255 e. The van der Waals surface area contributed by atoms with Crippen molar-refractivity contribution in [1.82, 2.24) is 9.55 Å². The highest BCUT2D eigenvalue weighted by Gasteiger charge is 2.08. The molecule has 3 aromatic rings. The maximum atomic E-state index is 12.1. The highest BCUT2D eigenvalue weighted by Crippen LogP contribution is 2.15. The van der Waals surface area contributed by atoms with Gasteiger partial charge in [-0.1, -0.05) is 18.2 Å². The predicted octanol–water partition coefficient (Wildman–Crippen LogP) is 2.83. The molecular formula is C15H13N3O. The van der Waals surface area contributed by atoms with E-state index in [1.807, 2.05) is 54.1 Å². The van der Waals surface area contributed by atoms with Gasteiger partial charge in [0.2, 0.25) is 0 Å². The van der Waals surface area contributed by atoms with Gasteiger partial charge in [-0.2, -0.15) is 0 Å². The molecule has 3 rings (SSSR count). The maximum absolute atomic E-state index is 12.1. The van der Waals surface area contributed by atoms with Crippen LogP contribution >= 0.6 is 0 Å². The average Bonchev–Trinajstić information content (AvgIpc) is 2.81. The quantitative estimate of drug-likeness (QED) is 0.761. The summed E-state index contributed by atoms with van der Waals surface area (Å²) < 4.78 is 1.92. The third kappa shape index (κ3) is 2.20. The smallest absolute Gasteiger partial charge is 0.255 e. The zero-order chi connectivity index (χ0) is 13.2. The molecular weight excluding hydrogens is 238 g/mol. The van der Waals surface area contributed by atoms with Gasteiger partial charge in [0.15, 0.2) is 0 Å². The van der Waals surface area contributed by atoms with Crippen molar-refractivity contribution in [3.05, 3.63) is 60.4 Å². The van der Waals surface area contributed by atoms with E-state index >= 15 is 0 Å². The van der Waals surface area contributed by atoms with Crippen molar-refractivity contribution in [1.29, 1.82) is 0 Å². The SMILES string of the molecule is Cn1cnc2cc(C(=O)Nc3ccccc3)ccc21. The molecule has 0 aliphatic heterocycles. The molecule has 0 atom stereocenters. The Kier molecular flexibility index (Phi) is 2.76. The first-order valence-electron chi connectivity index (χ1n) is 6.01. The minimum atomic E-state index is -0.126. The number of aryl methyl sites for hydroxylation is 1. The molecule has 0 spiro atoms. The van der Waals surface area contributed by atoms with Crippen LogP contribution in [0.4, 0.5) is 5.69 Å². The van der Waals surface area contributed by atoms with Crippen LogP contribution in [0, 0.1) is 0 Å². The van der Waals surface area contributed by atoms with Gasteiger partial charge in [0, 0.05) is 18.3 Å². The van der Waals surface area contributed by atoms with Gasteiger partial charge in [0.25, 0.3) is 5.91 Å². The van der Waals surface area contributed by atoms with E-state index < -0.39 is 0 Å². The standard InChI is InChI=1S/C15H13N3O/c1-18-10-16-13-9-11(7-8-14(13)18)15(19)17-12-5-3-2-4-6-12/h2-10H,1H3,(H,17,19). The zero-order valence-electron chi connectivity index (χ0n) is 10.5. The topological polar surface area (TPSA) is 46.9 Å². The Labute approximate surface area is 110 Å². The number of nitrogens with one attached hydrogen (secondary N) is 1. The summed E-state index contributed by atoms with van der Waals surface area (Å²) in [6, 6.07) is 14.9. The molecule has 1 N–H and O–H groups in total. The molecule has 4 nitrogen and oxygen atoms in total. The number of imidazole rings is 1. The van der Waals surface area contributed by atoms with Crippen LogP contribution in [-0.4, -0.2) is 15.5 Å². The number of carbonyl (C=O) groups excluding carboxylic acids is 1. The first-order chi connectivity index (χ1) is 9.24. The molecule has 1 aromatic heterocycles. The molecule has 0 saturated carbocycles. The fourth-order valence-corrected chi connectivity index (χ4v) is 2.00. The van der Waals surface area contributed by atoms with E-state index in [0.29, 0.717) is 5.56 Å². The van der Waals surface area contributed by atoms with Crippen LogP contribution < -0.4 is 5.32 Å². The largest absolute Gasteiger partial charge is 0.334 e. The summed E-state index contributed by atoms with van der Waals surface area (Å²) in [6.45, 7) is 0. The van der Waals surface area contributed by atoms with Crippen LogP contribution in [0.5, 0.6) is 0 Å². The fraction of sp³-hybridized carbons (Fsp3) is 0.0667. The highest BCUT2D eigenvalue weighted by atomic mass is 16.1. The molecule has 0 aliphatic rings. The molecule has 4 heteroatoms. The van der Waals surface area contributed by atoms with Crippen molar-refractivity contribution in [2.45, 2.75) is 0 Å². The third-order valence-corrected chi connectivity index (χ3v) is 3.02. The Morgan fingerprint density at radius 1 is 1.16 bits per heavy atom. The summed E-state index contributed by atoms with van der Waals surface area (Å²) in [5.74, 6) is -0.126. The number of fused-ring (bicyclic) bond motifs is 1. The van der Waals surface area contributed by atoms with Gasteiger partial charge < -0.3 is 9.88 Å². The first-order valence-corrected chi connectivity index (χ1v) is 6.01. The predicted molar refractivity (Wildman–Crippen MR) is 75.1 cm³/mol. The number of aromatic nitrogens is 2. The van der Waals surface area contributed by atoms with Crippen LogP contribution in [0.25, 0.3) is 11.0 Å². The zero-order valence-corrected chi connectivity index (χ0v) is 10.5. The number of rotatable bonds is 2. The second-order valence-electron chi connectivity index (χ2n) is 4.38. The number of amides is 1. The molecule has 0 radical (unpaired) electrons. The number of carbonyl (C=O) groups is 1. The lowest BCUT2D eigenvalue weighted by molar-refractivity contribution is 0.102. The van der Waals surface area contributed by atoms with Crippen molar-refractivity contribution >= 4 is 22.6 Å². The van der Waals surface area contributed by atoms with Crippen LogP contribution in [0.2, 0.25) is 0 Å². The Morgan fingerprint density at radius 3 is 2.74 bits per heavy atom. The molecule has 94 valence electrons. The minimum absolute atomic E-state index is 0.126. The highest BCUT2D eigenvalue weighted by molar-refractivity contribution is 6.05. The van der Waals surface area contributed by atoms with Gasteiger partial charge in [-0.15, -0.1) is 0 Å². The second kappa shape index (κ2) is 4.57. The van der Waals surface area contributed by atoms with Crippen molar-refractivity contribution in [2.75, 3.05) is 5.32 Å². The molecule has 1 heterocycles. The van der Waals surface area contributed by atoms with Crippen LogP contribution in [0.1, 0.15) is 10.4 Å². The normalized spacial score (nSPS) is 10.6. The number of nitrogens with zero attached hydrogens (tertiary/aromatic N) is 2. The third-order valence-electron chi connectivity index (χ3n) is 3.02. The number of hydrogen-bond acceptors (Lipinski definition) is 2. The number of hydrogen-bond donors (Lipinski definition) is 1. The van der Waals surface area contributed by atoms with E-state index in [0.717, 1.165) is 16.7 Å². The Morgan fingerprint density at radius 2 is 1.95 bits per heavy atom. The summed E-state index contributed by atoms with van der Waals surface area (Å²) in [7, 11) is 1.93. The molecule has 0 fully saturated rings. The van der Waals surface area contributed by atoms with E-state index in [1.165, 1.54) is 0 Å². The van der Waals surface area contributed by atoms with E-state index in [4.69, 9.17) is 0 Å². The molecule has 0 saturated heterocycles. The Hall–Kier alpha value is -2.62. The molecule has 0 bridgehead atoms. The van der Waals surface area contributed by atoms with Crippen LogP contribution in [0.3, 0.4) is 0 Å². The molecule has 19 heavy (non-hydrogen) atoms. The minimum Gasteiger partial charge on any atom is -0.334 e. The molecule has 0 aliphatic carbocycles. The van der Waals surface area contributed by atoms with Crippen molar-refractivity contribution < 1.29 is 4.79 Å². The molecule has 0 unspecified atom stereocenters. The summed E-state index contributed by atoms with van der Waals surface area (Å²) >= 11 is 0. The summed E-state index contributed by atoms with van der Waals surface area (Å²) in [4.78, 5) is 16.4. The Bertz CT molecular complexity index is 731. The van der Waals surface area contributed by atoms with Gasteiger partial charge in [-0.05, 0) is 30.3 Å². The van der Waals surface area contributed by atoms with Crippen molar-refractivity contribution in [2.24, 2.45) is 7.05 Å². The number of anilines is 1.